The summed E-state index contributed by atoms with van der Waals surface area (Å²) in [4.78, 5) is 21.3. The summed E-state index contributed by atoms with van der Waals surface area (Å²) in [5.74, 6) is -0.833. The molecule has 0 bridgehead atoms. The van der Waals surface area contributed by atoms with Gasteiger partial charge >= 0.3 is 0 Å². The van der Waals surface area contributed by atoms with Crippen LogP contribution in [-0.4, -0.2) is 68.8 Å². The van der Waals surface area contributed by atoms with Gasteiger partial charge in [-0.1, -0.05) is 66.2 Å². The number of benzene rings is 2. The number of fused-ring (bicyclic) bond motifs is 2. The van der Waals surface area contributed by atoms with Crippen LogP contribution in [0.3, 0.4) is 0 Å². The Hall–Kier alpha value is -3.94. The summed E-state index contributed by atoms with van der Waals surface area (Å²) < 4.78 is 17.2. The van der Waals surface area contributed by atoms with E-state index in [9.17, 15) is 5.11 Å². The molecule has 2 fully saturated rings. The second kappa shape index (κ2) is 12.1. The van der Waals surface area contributed by atoms with E-state index in [1.807, 2.05) is 30.3 Å². The molecule has 0 saturated carbocycles. The van der Waals surface area contributed by atoms with Gasteiger partial charge in [-0.2, -0.15) is 4.98 Å². The van der Waals surface area contributed by atoms with E-state index in [1.54, 1.807) is 6.07 Å². The summed E-state index contributed by atoms with van der Waals surface area (Å²) in [5.41, 5.74) is 5.02. The van der Waals surface area contributed by atoms with Crippen LogP contribution in [0, 0.1) is 12.8 Å². The largest absolute Gasteiger partial charge is 0.481 e. The van der Waals surface area contributed by atoms with Gasteiger partial charge in [0.2, 0.25) is 0 Å². The third-order valence-electron chi connectivity index (χ3n) is 5.92. The Morgan fingerprint density at radius 1 is 1.00 bits per heavy atom. The van der Waals surface area contributed by atoms with Crippen molar-refractivity contribution in [2.45, 2.75) is 31.3 Å². The van der Waals surface area contributed by atoms with Crippen LogP contribution in [0.1, 0.15) is 6.92 Å². The number of halogens is 1. The molecule has 2 aromatic carbocycles. The first kappa shape index (κ1) is 27.1. The average Bonchev–Trinajstić information content (AvgIpc) is 3.61. The Kier molecular flexibility index (Phi) is 8.61. The van der Waals surface area contributed by atoms with E-state index in [2.05, 4.69) is 52.1 Å². The molecule has 2 aliphatic rings. The van der Waals surface area contributed by atoms with Crippen molar-refractivity contribution in [3.05, 3.63) is 65.7 Å². The molecule has 4 atom stereocenters. The Bertz CT molecular complexity index is 1400. The number of nitrogens with one attached hydrogen (secondary N) is 1. The van der Waals surface area contributed by atoms with E-state index in [-0.39, 0.29) is 24.9 Å². The number of rotatable bonds is 4. The number of terminal acetylenes is 1. The maximum absolute atomic E-state index is 9.90. The number of ether oxygens (including phenoxy) is 3. The zero-order valence-electron chi connectivity index (χ0n) is 20.5. The van der Waals surface area contributed by atoms with E-state index in [1.165, 1.54) is 0 Å². The predicted octanol–water partition coefficient (Wildman–Crippen LogP) is 4.19. The topological polar surface area (TPSA) is 127 Å². The van der Waals surface area contributed by atoms with Gasteiger partial charge in [0.15, 0.2) is 11.8 Å². The van der Waals surface area contributed by atoms with Crippen LogP contribution in [0.5, 0.6) is 6.01 Å². The molecular formula is C28H26ClN3O6. The summed E-state index contributed by atoms with van der Waals surface area (Å²) in [7, 11) is 0. The fraction of sp³-hybridized carbons (Fsp3) is 0.250. The van der Waals surface area contributed by atoms with Crippen LogP contribution >= 0.6 is 11.6 Å². The first-order valence-electron chi connectivity index (χ1n) is 11.7. The highest BCUT2D eigenvalue weighted by Gasteiger charge is 2.48. The number of pyridine rings is 1. The van der Waals surface area contributed by atoms with Crippen LogP contribution in [0.4, 0.5) is 0 Å². The van der Waals surface area contributed by atoms with Gasteiger partial charge in [-0.15, -0.1) is 12.8 Å². The number of aliphatic carboxylic acids is 1. The SMILES string of the molecule is C#C.CC(=O)O.O[C@@H]1CO[C@H]2[C@@H]1OC[C@H]2Oc1nc2nc(-c3ccc(-c4ccccc4)cc3)c(Cl)cc2[nH]1. The minimum Gasteiger partial charge on any atom is -0.481 e. The van der Waals surface area contributed by atoms with Gasteiger partial charge in [0.05, 0.1) is 29.4 Å². The number of aromatic nitrogens is 3. The first-order chi connectivity index (χ1) is 18.4. The smallest absolute Gasteiger partial charge is 0.300 e. The summed E-state index contributed by atoms with van der Waals surface area (Å²) in [6.07, 6.45) is 6.36. The highest BCUT2D eigenvalue weighted by molar-refractivity contribution is 6.33. The first-order valence-corrected chi connectivity index (χ1v) is 12.1. The second-order valence-electron chi connectivity index (χ2n) is 8.51. The van der Waals surface area contributed by atoms with Crippen LogP contribution in [0.25, 0.3) is 33.5 Å². The molecule has 3 N–H and O–H groups in total. The van der Waals surface area contributed by atoms with E-state index in [0.717, 1.165) is 23.6 Å². The minimum absolute atomic E-state index is 0.249. The lowest BCUT2D eigenvalue weighted by molar-refractivity contribution is -0.134. The van der Waals surface area contributed by atoms with E-state index in [4.69, 9.17) is 35.7 Å². The zero-order valence-corrected chi connectivity index (χ0v) is 21.2. The van der Waals surface area contributed by atoms with Crippen LogP contribution < -0.4 is 4.74 Å². The Labute approximate surface area is 224 Å². The summed E-state index contributed by atoms with van der Waals surface area (Å²) in [5, 5.41) is 17.8. The summed E-state index contributed by atoms with van der Waals surface area (Å²) in [6, 6.07) is 20.4. The Balaban J connectivity index is 0.000000515. The van der Waals surface area contributed by atoms with Crippen molar-refractivity contribution >= 4 is 28.7 Å². The third kappa shape index (κ3) is 5.96. The molecule has 2 saturated heterocycles. The lowest BCUT2D eigenvalue weighted by atomic mass is 10.0. The maximum atomic E-state index is 9.90. The normalized spacial score (nSPS) is 21.5. The zero-order chi connectivity index (χ0) is 27.2. The lowest BCUT2D eigenvalue weighted by Crippen LogP contribution is -2.34. The van der Waals surface area contributed by atoms with Crippen molar-refractivity contribution in [1.82, 2.24) is 15.0 Å². The van der Waals surface area contributed by atoms with Gasteiger partial charge in [-0.25, -0.2) is 4.98 Å². The van der Waals surface area contributed by atoms with Crippen molar-refractivity contribution in [2.75, 3.05) is 13.2 Å². The molecule has 2 aromatic heterocycles. The van der Waals surface area contributed by atoms with Gasteiger partial charge in [0.1, 0.15) is 18.3 Å². The number of hydrogen-bond donors (Lipinski definition) is 3. The second-order valence-corrected chi connectivity index (χ2v) is 8.92. The number of carboxylic acids is 1. The van der Waals surface area contributed by atoms with Crippen molar-refractivity contribution in [3.8, 4) is 41.2 Å². The molecule has 2 aliphatic heterocycles. The van der Waals surface area contributed by atoms with Crippen LogP contribution in [0.2, 0.25) is 5.02 Å². The monoisotopic (exact) mass is 535 g/mol. The predicted molar refractivity (Wildman–Crippen MR) is 143 cm³/mol. The van der Waals surface area contributed by atoms with Gasteiger partial charge in [-0.05, 0) is 17.2 Å². The average molecular weight is 536 g/mol. The molecule has 0 radical (unpaired) electrons. The Morgan fingerprint density at radius 2 is 1.61 bits per heavy atom. The fourth-order valence-corrected chi connectivity index (χ4v) is 4.55. The highest BCUT2D eigenvalue weighted by Crippen LogP contribution is 2.33. The van der Waals surface area contributed by atoms with Crippen LogP contribution in [-0.2, 0) is 14.3 Å². The third-order valence-corrected chi connectivity index (χ3v) is 6.20. The van der Waals surface area contributed by atoms with Gasteiger partial charge < -0.3 is 29.4 Å². The maximum Gasteiger partial charge on any atom is 0.300 e. The molecule has 10 heteroatoms. The van der Waals surface area contributed by atoms with Crippen molar-refractivity contribution < 1.29 is 29.2 Å². The number of nitrogens with zero attached hydrogens (tertiary/aromatic N) is 2. The molecule has 4 aromatic rings. The number of carbonyl (C=O) groups is 1. The van der Waals surface area contributed by atoms with Crippen molar-refractivity contribution in [2.24, 2.45) is 0 Å². The molecule has 0 spiro atoms. The van der Waals surface area contributed by atoms with E-state index >= 15 is 0 Å². The van der Waals surface area contributed by atoms with Gasteiger partial charge in [0.25, 0.3) is 12.0 Å². The number of aliphatic hydroxyl groups excluding tert-OH is 1. The van der Waals surface area contributed by atoms with E-state index in [0.29, 0.717) is 34.5 Å². The molecule has 0 amide bonds. The van der Waals surface area contributed by atoms with Crippen LogP contribution in [0.15, 0.2) is 60.7 Å². The van der Waals surface area contributed by atoms with E-state index < -0.39 is 12.1 Å². The van der Waals surface area contributed by atoms with Crippen molar-refractivity contribution in [3.63, 3.8) is 0 Å². The molecule has 38 heavy (non-hydrogen) atoms. The van der Waals surface area contributed by atoms with Gasteiger partial charge in [0, 0.05) is 12.5 Å². The summed E-state index contributed by atoms with van der Waals surface area (Å²) in [6.45, 7) is 1.66. The number of H-pyrrole nitrogens is 1. The standard InChI is InChI=1S/C24H20ClN3O4.C2H4O2.C2H2/c25-16-10-17-23(28-24(26-17)32-19-12-31-21-18(29)11-30-22(19)21)27-20(16)15-8-6-14(7-9-15)13-4-2-1-3-5-13;1-2(3)4;1-2/h1-10,18-19,21-22,29H,11-12H2,(H,26,27,28);1H3,(H,3,4);1-2H/t18-,19-,21-,22-;;/m1../s1. The lowest BCUT2D eigenvalue weighted by Gasteiger charge is -2.15. The molecule has 196 valence electrons. The fourth-order valence-electron chi connectivity index (χ4n) is 4.29. The number of aliphatic hydroxyl groups is 1. The number of hydrogen-bond acceptors (Lipinski definition) is 7. The molecule has 0 unspecified atom stereocenters. The number of imidazole rings is 1. The van der Waals surface area contributed by atoms with Crippen molar-refractivity contribution in [1.29, 1.82) is 0 Å². The van der Waals surface area contributed by atoms with Gasteiger partial charge in [-0.3, -0.25) is 4.79 Å². The molecular weight excluding hydrogens is 510 g/mol. The quantitative estimate of drug-likeness (QED) is 0.332. The number of aromatic amines is 1. The molecule has 6 rings (SSSR count). The highest BCUT2D eigenvalue weighted by atomic mass is 35.5. The summed E-state index contributed by atoms with van der Waals surface area (Å²) >= 11 is 6.54. The molecule has 9 nitrogen and oxygen atoms in total. The number of carboxylic acid groups (broad SMARTS) is 1. The molecule has 4 heterocycles. The minimum atomic E-state index is -0.833. The Morgan fingerprint density at radius 3 is 2.29 bits per heavy atom. The molecule has 0 aliphatic carbocycles.